The van der Waals surface area contributed by atoms with Crippen molar-refractivity contribution >= 4 is 17.7 Å². The minimum absolute atomic E-state index is 0.0995. The number of thioether (sulfide) groups is 1. The lowest BCUT2D eigenvalue weighted by atomic mass is 10.1. The van der Waals surface area contributed by atoms with Crippen molar-refractivity contribution in [3.8, 4) is 0 Å². The zero-order chi connectivity index (χ0) is 19.9. The number of amides is 1. The molecule has 2 aromatic rings. The van der Waals surface area contributed by atoms with E-state index in [1.807, 2.05) is 0 Å². The number of pyridine rings is 1. The fourth-order valence-corrected chi connectivity index (χ4v) is 3.40. The Balaban J connectivity index is 1.95. The monoisotopic (exact) mass is 396 g/mol. The molecular weight excluding hydrogens is 373 g/mol. The molecule has 1 N–H and O–H groups in total. The van der Waals surface area contributed by atoms with Gasteiger partial charge in [0.25, 0.3) is 11.8 Å². The van der Waals surface area contributed by atoms with Gasteiger partial charge in [-0.2, -0.15) is 0 Å². The molecule has 1 aromatic heterocycles. The minimum Gasteiger partial charge on any atom is -0.351 e. The Hall–Kier alpha value is -2.02. The van der Waals surface area contributed by atoms with Crippen LogP contribution in [0.1, 0.15) is 42.7 Å². The molecule has 0 bridgehead atoms. The van der Waals surface area contributed by atoms with Crippen molar-refractivity contribution in [1.82, 2.24) is 10.3 Å². The summed E-state index contributed by atoms with van der Waals surface area (Å²) in [6, 6.07) is 7.61. The second-order valence-corrected chi connectivity index (χ2v) is 7.74. The average Bonchev–Trinajstić information content (AvgIpc) is 2.62. The molecule has 27 heavy (non-hydrogen) atoms. The standard InChI is InChI=1S/C20H23F3N2OS/c1-14(2)9-12-25-19(26)18-17(4-3-11-24-18)27-13-10-20(22,23)15-5-7-16(21)8-6-15/h3-8,11,14H,9-10,12-13H2,1-2H3,(H,25,26). The van der Waals surface area contributed by atoms with Crippen LogP contribution in [0.25, 0.3) is 0 Å². The van der Waals surface area contributed by atoms with Crippen molar-refractivity contribution in [1.29, 1.82) is 0 Å². The summed E-state index contributed by atoms with van der Waals surface area (Å²) < 4.78 is 41.4. The lowest BCUT2D eigenvalue weighted by Gasteiger charge is -2.17. The summed E-state index contributed by atoms with van der Waals surface area (Å²) in [6.45, 7) is 4.67. The number of halogens is 3. The van der Waals surface area contributed by atoms with Gasteiger partial charge in [-0.25, -0.2) is 18.2 Å². The number of hydrogen-bond donors (Lipinski definition) is 1. The fourth-order valence-electron chi connectivity index (χ4n) is 2.36. The fraction of sp³-hybridized carbons (Fsp3) is 0.400. The average molecular weight is 396 g/mol. The Morgan fingerprint density at radius 2 is 1.93 bits per heavy atom. The molecule has 1 amide bonds. The highest BCUT2D eigenvalue weighted by Crippen LogP contribution is 2.34. The molecule has 1 aromatic carbocycles. The van der Waals surface area contributed by atoms with E-state index >= 15 is 0 Å². The normalized spacial score (nSPS) is 11.6. The quantitative estimate of drug-likeness (QED) is 0.587. The predicted octanol–water partition coefficient (Wildman–Crippen LogP) is 5.27. The smallest absolute Gasteiger partial charge is 0.274 e. The van der Waals surface area contributed by atoms with Crippen LogP contribution in [0.2, 0.25) is 0 Å². The van der Waals surface area contributed by atoms with Crippen molar-refractivity contribution < 1.29 is 18.0 Å². The van der Waals surface area contributed by atoms with Crippen LogP contribution >= 0.6 is 11.8 Å². The SMILES string of the molecule is CC(C)CCNC(=O)c1ncccc1SCCC(F)(F)c1ccc(F)cc1. The topological polar surface area (TPSA) is 42.0 Å². The third kappa shape index (κ3) is 6.57. The number of hydrogen-bond acceptors (Lipinski definition) is 3. The molecule has 0 aliphatic rings. The van der Waals surface area contributed by atoms with Crippen molar-refractivity contribution in [3.63, 3.8) is 0 Å². The highest BCUT2D eigenvalue weighted by Gasteiger charge is 2.31. The molecule has 0 saturated carbocycles. The van der Waals surface area contributed by atoms with Gasteiger partial charge in [0.15, 0.2) is 0 Å². The zero-order valence-electron chi connectivity index (χ0n) is 15.3. The maximum absolute atomic E-state index is 14.3. The zero-order valence-corrected chi connectivity index (χ0v) is 16.2. The highest BCUT2D eigenvalue weighted by molar-refractivity contribution is 7.99. The van der Waals surface area contributed by atoms with Crippen LogP contribution < -0.4 is 5.32 Å². The number of benzene rings is 1. The number of rotatable bonds is 9. The summed E-state index contributed by atoms with van der Waals surface area (Å²) in [6.07, 6.45) is 1.94. The van der Waals surface area contributed by atoms with E-state index in [1.54, 1.807) is 12.1 Å². The highest BCUT2D eigenvalue weighted by atomic mass is 32.2. The number of carbonyl (C=O) groups is 1. The molecule has 0 fully saturated rings. The number of alkyl halides is 2. The van der Waals surface area contributed by atoms with E-state index in [2.05, 4.69) is 24.1 Å². The largest absolute Gasteiger partial charge is 0.351 e. The maximum atomic E-state index is 14.3. The van der Waals surface area contributed by atoms with Gasteiger partial charge in [-0.1, -0.05) is 26.0 Å². The summed E-state index contributed by atoms with van der Waals surface area (Å²) in [4.78, 5) is 17.0. The van der Waals surface area contributed by atoms with Crippen molar-refractivity contribution in [3.05, 3.63) is 59.7 Å². The van der Waals surface area contributed by atoms with Gasteiger partial charge in [-0.05, 0) is 36.6 Å². The van der Waals surface area contributed by atoms with Crippen LogP contribution in [0.15, 0.2) is 47.5 Å². The van der Waals surface area contributed by atoms with E-state index in [1.165, 1.54) is 6.20 Å². The first-order valence-electron chi connectivity index (χ1n) is 8.79. The van der Waals surface area contributed by atoms with Crippen LogP contribution in [0.3, 0.4) is 0 Å². The minimum atomic E-state index is -3.07. The first-order chi connectivity index (χ1) is 12.8. The Morgan fingerprint density at radius 3 is 2.59 bits per heavy atom. The van der Waals surface area contributed by atoms with E-state index in [-0.39, 0.29) is 22.9 Å². The predicted molar refractivity (Wildman–Crippen MR) is 102 cm³/mol. The maximum Gasteiger partial charge on any atom is 0.274 e. The number of carbonyl (C=O) groups excluding carboxylic acids is 1. The van der Waals surface area contributed by atoms with E-state index in [4.69, 9.17) is 0 Å². The molecule has 146 valence electrons. The number of nitrogens with one attached hydrogen (secondary N) is 1. The lowest BCUT2D eigenvalue weighted by Crippen LogP contribution is -2.26. The number of aromatic nitrogens is 1. The summed E-state index contributed by atoms with van der Waals surface area (Å²) in [5, 5.41) is 2.81. The van der Waals surface area contributed by atoms with E-state index in [9.17, 15) is 18.0 Å². The van der Waals surface area contributed by atoms with Crippen LogP contribution in [0.4, 0.5) is 13.2 Å². The molecule has 7 heteroatoms. The van der Waals surface area contributed by atoms with Gasteiger partial charge in [-0.3, -0.25) is 4.79 Å². The molecule has 0 aliphatic carbocycles. The van der Waals surface area contributed by atoms with Crippen molar-refractivity contribution in [2.45, 2.75) is 37.5 Å². The molecule has 1 heterocycles. The molecule has 2 rings (SSSR count). The second kappa shape index (κ2) is 9.78. The first kappa shape index (κ1) is 21.3. The van der Waals surface area contributed by atoms with E-state index in [0.29, 0.717) is 17.4 Å². The van der Waals surface area contributed by atoms with Gasteiger partial charge < -0.3 is 5.32 Å². The van der Waals surface area contributed by atoms with Crippen molar-refractivity contribution in [2.75, 3.05) is 12.3 Å². The Labute approximate surface area is 161 Å². The summed E-state index contributed by atoms with van der Waals surface area (Å²) in [5.41, 5.74) is 0.0266. The molecule has 0 atom stereocenters. The van der Waals surface area contributed by atoms with Gasteiger partial charge in [0.2, 0.25) is 0 Å². The van der Waals surface area contributed by atoms with Gasteiger partial charge in [0, 0.05) is 35.4 Å². The molecular formula is C20H23F3N2OS. The summed E-state index contributed by atoms with van der Waals surface area (Å²) >= 11 is 1.16. The van der Waals surface area contributed by atoms with Crippen molar-refractivity contribution in [2.24, 2.45) is 5.92 Å². The van der Waals surface area contributed by atoms with E-state index < -0.39 is 18.2 Å². The lowest BCUT2D eigenvalue weighted by molar-refractivity contribution is -0.00706. The van der Waals surface area contributed by atoms with Crippen LogP contribution in [0.5, 0.6) is 0 Å². The number of nitrogens with zero attached hydrogens (tertiary/aromatic N) is 1. The first-order valence-corrected chi connectivity index (χ1v) is 9.78. The Bertz CT molecular complexity index is 751. The molecule has 0 saturated heterocycles. The van der Waals surface area contributed by atoms with Crippen LogP contribution in [-0.2, 0) is 5.92 Å². The van der Waals surface area contributed by atoms with Gasteiger partial charge >= 0.3 is 0 Å². The molecule has 0 unspecified atom stereocenters. The van der Waals surface area contributed by atoms with Gasteiger partial charge in [-0.15, -0.1) is 11.8 Å². The molecule has 0 aliphatic heterocycles. The summed E-state index contributed by atoms with van der Waals surface area (Å²) in [5.74, 6) is -3.35. The molecule has 0 radical (unpaired) electrons. The second-order valence-electron chi connectivity index (χ2n) is 6.60. The van der Waals surface area contributed by atoms with Gasteiger partial charge in [0.1, 0.15) is 11.5 Å². The van der Waals surface area contributed by atoms with Crippen LogP contribution in [-0.4, -0.2) is 23.2 Å². The third-order valence-electron chi connectivity index (χ3n) is 3.93. The molecule has 0 spiro atoms. The molecule has 3 nitrogen and oxygen atoms in total. The van der Waals surface area contributed by atoms with Crippen LogP contribution in [0, 0.1) is 11.7 Å². The third-order valence-corrected chi connectivity index (χ3v) is 4.98. The summed E-state index contributed by atoms with van der Waals surface area (Å²) in [7, 11) is 0. The Morgan fingerprint density at radius 1 is 1.22 bits per heavy atom. The van der Waals surface area contributed by atoms with Gasteiger partial charge in [0.05, 0.1) is 0 Å². The Kier molecular flexibility index (Phi) is 7.71. The van der Waals surface area contributed by atoms with E-state index in [0.717, 1.165) is 42.4 Å².